The number of amides is 1. The van der Waals surface area contributed by atoms with Gasteiger partial charge in [-0.15, -0.1) is 0 Å². The number of benzene rings is 1. The largest absolute Gasteiger partial charge is 0.481 e. The molecule has 0 aromatic heterocycles. The summed E-state index contributed by atoms with van der Waals surface area (Å²) < 4.78 is 0. The Morgan fingerprint density at radius 3 is 2.65 bits per heavy atom. The van der Waals surface area contributed by atoms with E-state index in [4.69, 9.17) is 16.7 Å². The van der Waals surface area contributed by atoms with Crippen molar-refractivity contribution in [2.75, 3.05) is 13.6 Å². The summed E-state index contributed by atoms with van der Waals surface area (Å²) in [5.74, 6) is -1.43. The Labute approximate surface area is 119 Å². The van der Waals surface area contributed by atoms with E-state index in [1.807, 2.05) is 0 Å². The Kier molecular flexibility index (Phi) is 5.45. The molecule has 0 unspecified atom stereocenters. The molecular weight excluding hydrogens is 288 g/mol. The Morgan fingerprint density at radius 2 is 2.10 bits per heavy atom. The van der Waals surface area contributed by atoms with Gasteiger partial charge in [0.25, 0.3) is 11.6 Å². The lowest BCUT2D eigenvalue weighted by Crippen LogP contribution is -2.28. The molecule has 1 aromatic carbocycles. The van der Waals surface area contributed by atoms with Crippen LogP contribution in [0.3, 0.4) is 0 Å². The number of halogens is 1. The van der Waals surface area contributed by atoms with Gasteiger partial charge in [-0.3, -0.25) is 19.7 Å². The number of carboxylic acid groups (broad SMARTS) is 1. The van der Waals surface area contributed by atoms with Gasteiger partial charge in [-0.05, 0) is 12.5 Å². The Bertz CT molecular complexity index is 547. The highest BCUT2D eigenvalue weighted by atomic mass is 35.5. The number of non-ortho nitro benzene ring substituents is 1. The number of nitro benzene ring substituents is 1. The van der Waals surface area contributed by atoms with Crippen LogP contribution in [0.4, 0.5) is 5.69 Å². The molecule has 1 rings (SSSR count). The number of carboxylic acids is 1. The van der Waals surface area contributed by atoms with Gasteiger partial charge in [0.1, 0.15) is 0 Å². The Morgan fingerprint density at radius 1 is 1.45 bits per heavy atom. The predicted octanol–water partition coefficient (Wildman–Crippen LogP) is 2.18. The number of carbonyl (C=O) groups excluding carboxylic acids is 1. The van der Waals surface area contributed by atoms with Gasteiger partial charge >= 0.3 is 5.97 Å². The third kappa shape index (κ3) is 4.20. The second-order valence-electron chi connectivity index (χ2n) is 4.15. The third-order valence-corrected chi connectivity index (χ3v) is 2.95. The van der Waals surface area contributed by atoms with E-state index in [2.05, 4.69) is 0 Å². The molecule has 8 heteroatoms. The molecule has 0 saturated carbocycles. The summed E-state index contributed by atoms with van der Waals surface area (Å²) in [6.45, 7) is 0.226. The molecule has 20 heavy (non-hydrogen) atoms. The fraction of sp³-hybridized carbons (Fsp3) is 0.333. The van der Waals surface area contributed by atoms with E-state index in [0.29, 0.717) is 6.42 Å². The topological polar surface area (TPSA) is 101 Å². The number of carbonyl (C=O) groups is 2. The van der Waals surface area contributed by atoms with Crippen LogP contribution in [0.15, 0.2) is 18.2 Å². The zero-order chi connectivity index (χ0) is 15.3. The highest BCUT2D eigenvalue weighted by molar-refractivity contribution is 6.33. The molecular formula is C12H13ClN2O5. The first-order valence-corrected chi connectivity index (χ1v) is 6.12. The van der Waals surface area contributed by atoms with Crippen LogP contribution in [0.1, 0.15) is 23.2 Å². The van der Waals surface area contributed by atoms with Gasteiger partial charge in [0.15, 0.2) is 0 Å². The van der Waals surface area contributed by atoms with E-state index in [1.165, 1.54) is 24.1 Å². The predicted molar refractivity (Wildman–Crippen MR) is 71.9 cm³/mol. The second kappa shape index (κ2) is 6.85. The van der Waals surface area contributed by atoms with Crippen molar-refractivity contribution < 1.29 is 19.6 Å². The first-order valence-electron chi connectivity index (χ1n) is 5.74. The van der Waals surface area contributed by atoms with Crippen LogP contribution in [0.2, 0.25) is 5.02 Å². The average Bonchev–Trinajstić information content (AvgIpc) is 2.37. The standard InChI is InChI=1S/C12H13ClN2O5/c1-14(6-2-3-11(16)17)12(18)9-7-8(15(19)20)4-5-10(9)13/h4-5,7H,2-3,6H2,1H3,(H,16,17). The molecule has 0 aliphatic rings. The molecule has 0 saturated heterocycles. The van der Waals surface area contributed by atoms with Crippen molar-refractivity contribution in [3.05, 3.63) is 38.9 Å². The molecule has 0 bridgehead atoms. The molecule has 0 spiro atoms. The summed E-state index contributed by atoms with van der Waals surface area (Å²) in [6, 6.07) is 3.61. The van der Waals surface area contributed by atoms with Gasteiger partial charge in [0, 0.05) is 32.1 Å². The van der Waals surface area contributed by atoms with Crippen LogP contribution >= 0.6 is 11.6 Å². The first-order chi connectivity index (χ1) is 9.32. The molecule has 1 N–H and O–H groups in total. The van der Waals surface area contributed by atoms with Crippen molar-refractivity contribution in [1.82, 2.24) is 4.90 Å². The number of nitro groups is 1. The van der Waals surface area contributed by atoms with Crippen LogP contribution < -0.4 is 0 Å². The first kappa shape index (κ1) is 15.9. The van der Waals surface area contributed by atoms with Gasteiger partial charge in [0.2, 0.25) is 0 Å². The van der Waals surface area contributed by atoms with Gasteiger partial charge in [0.05, 0.1) is 15.5 Å². The molecule has 0 atom stereocenters. The zero-order valence-corrected chi connectivity index (χ0v) is 11.5. The van der Waals surface area contributed by atoms with Crippen molar-refractivity contribution in [3.63, 3.8) is 0 Å². The van der Waals surface area contributed by atoms with Crippen LogP contribution in [0.5, 0.6) is 0 Å². The Hall–Kier alpha value is -2.15. The summed E-state index contributed by atoms with van der Waals surface area (Å²) in [4.78, 5) is 33.8. The van der Waals surface area contributed by atoms with Crippen LogP contribution in [-0.4, -0.2) is 40.4 Å². The second-order valence-corrected chi connectivity index (χ2v) is 4.55. The van der Waals surface area contributed by atoms with Crippen molar-refractivity contribution in [2.45, 2.75) is 12.8 Å². The zero-order valence-electron chi connectivity index (χ0n) is 10.7. The molecule has 1 aromatic rings. The van der Waals surface area contributed by atoms with E-state index in [9.17, 15) is 19.7 Å². The van der Waals surface area contributed by atoms with Gasteiger partial charge in [-0.1, -0.05) is 11.6 Å². The summed E-state index contributed by atoms with van der Waals surface area (Å²) in [7, 11) is 1.49. The van der Waals surface area contributed by atoms with E-state index < -0.39 is 16.8 Å². The van der Waals surface area contributed by atoms with E-state index >= 15 is 0 Å². The van der Waals surface area contributed by atoms with Crippen molar-refractivity contribution in [1.29, 1.82) is 0 Å². The number of hydrogen-bond donors (Lipinski definition) is 1. The minimum Gasteiger partial charge on any atom is -0.481 e. The number of rotatable bonds is 6. The monoisotopic (exact) mass is 300 g/mol. The van der Waals surface area contributed by atoms with Crippen molar-refractivity contribution in [3.8, 4) is 0 Å². The van der Waals surface area contributed by atoms with Crippen LogP contribution in [0, 0.1) is 10.1 Å². The summed E-state index contributed by atoms with van der Waals surface area (Å²) in [5.41, 5.74) is -0.199. The van der Waals surface area contributed by atoms with Crippen LogP contribution in [0.25, 0.3) is 0 Å². The average molecular weight is 301 g/mol. The minimum absolute atomic E-state index is 0.0266. The number of nitrogens with zero attached hydrogens (tertiary/aromatic N) is 2. The van der Waals surface area contributed by atoms with Gasteiger partial charge < -0.3 is 10.0 Å². The summed E-state index contributed by atoms with van der Waals surface area (Å²) in [6.07, 6.45) is 0.240. The van der Waals surface area contributed by atoms with Gasteiger partial charge in [-0.2, -0.15) is 0 Å². The highest BCUT2D eigenvalue weighted by Crippen LogP contribution is 2.23. The van der Waals surface area contributed by atoms with Crippen LogP contribution in [-0.2, 0) is 4.79 Å². The molecule has 1 amide bonds. The molecule has 0 fully saturated rings. The van der Waals surface area contributed by atoms with Gasteiger partial charge in [-0.25, -0.2) is 0 Å². The molecule has 0 radical (unpaired) electrons. The Balaban J connectivity index is 2.82. The third-order valence-electron chi connectivity index (χ3n) is 2.62. The maximum Gasteiger partial charge on any atom is 0.303 e. The molecule has 0 aliphatic heterocycles. The number of hydrogen-bond acceptors (Lipinski definition) is 4. The maximum absolute atomic E-state index is 12.1. The SMILES string of the molecule is CN(CCCC(=O)O)C(=O)c1cc([N+](=O)[O-])ccc1Cl. The quantitative estimate of drug-likeness (QED) is 0.641. The number of aliphatic carboxylic acids is 1. The highest BCUT2D eigenvalue weighted by Gasteiger charge is 2.18. The van der Waals surface area contributed by atoms with E-state index in [1.54, 1.807) is 0 Å². The van der Waals surface area contributed by atoms with Crippen molar-refractivity contribution >= 4 is 29.2 Å². The summed E-state index contributed by atoms with van der Waals surface area (Å²) in [5, 5.41) is 19.3. The molecule has 7 nitrogen and oxygen atoms in total. The maximum atomic E-state index is 12.1. The van der Waals surface area contributed by atoms with E-state index in [0.717, 1.165) is 6.07 Å². The molecule has 0 heterocycles. The smallest absolute Gasteiger partial charge is 0.303 e. The lowest BCUT2D eigenvalue weighted by molar-refractivity contribution is -0.384. The molecule has 108 valence electrons. The fourth-order valence-electron chi connectivity index (χ4n) is 1.57. The summed E-state index contributed by atoms with van der Waals surface area (Å²) >= 11 is 5.86. The lowest BCUT2D eigenvalue weighted by atomic mass is 10.1. The normalized spacial score (nSPS) is 10.1. The minimum atomic E-state index is -0.945. The lowest BCUT2D eigenvalue weighted by Gasteiger charge is -2.17. The molecule has 0 aliphatic carbocycles. The van der Waals surface area contributed by atoms with Crippen molar-refractivity contribution in [2.24, 2.45) is 0 Å². The fourth-order valence-corrected chi connectivity index (χ4v) is 1.76. The van der Waals surface area contributed by atoms with E-state index in [-0.39, 0.29) is 29.2 Å².